The van der Waals surface area contributed by atoms with Crippen molar-refractivity contribution < 1.29 is 14.0 Å². The van der Waals surface area contributed by atoms with Crippen molar-refractivity contribution in [3.63, 3.8) is 0 Å². The number of H-pyrrole nitrogens is 1. The van der Waals surface area contributed by atoms with Gasteiger partial charge >= 0.3 is 5.76 Å². The highest BCUT2D eigenvalue weighted by Crippen LogP contribution is 2.17. The van der Waals surface area contributed by atoms with E-state index in [2.05, 4.69) is 19.7 Å². The first-order valence-corrected chi connectivity index (χ1v) is 7.80. The van der Waals surface area contributed by atoms with Crippen LogP contribution in [0.15, 0.2) is 39.9 Å². The van der Waals surface area contributed by atoms with E-state index >= 15 is 0 Å². The maximum Gasteiger partial charge on any atom is 0.416 e. The molecule has 126 valence electrons. The molecule has 0 bridgehead atoms. The molecule has 1 atom stereocenters. The molecule has 3 heterocycles. The van der Waals surface area contributed by atoms with Gasteiger partial charge < -0.3 is 14.6 Å². The van der Waals surface area contributed by atoms with Gasteiger partial charge in [-0.2, -0.15) is 0 Å². The van der Waals surface area contributed by atoms with E-state index < -0.39 is 5.76 Å². The highest BCUT2D eigenvalue weighted by molar-refractivity contribution is 5.92. The minimum Gasteiger partial charge on any atom is -0.416 e. The average Bonchev–Trinajstić information content (AvgIpc) is 3.06. The number of piperidine rings is 1. The SMILES string of the molecule is O=C(NC[C@H]1CCCN(C(=O)c2coc(=O)[nH]2)C1)c1ccccn1. The second-order valence-electron chi connectivity index (χ2n) is 5.75. The molecule has 24 heavy (non-hydrogen) atoms. The molecule has 0 aromatic carbocycles. The first-order chi connectivity index (χ1) is 11.6. The monoisotopic (exact) mass is 330 g/mol. The molecule has 2 aromatic rings. The molecule has 0 spiro atoms. The number of pyridine rings is 1. The molecule has 2 N–H and O–H groups in total. The number of oxazole rings is 1. The van der Waals surface area contributed by atoms with Gasteiger partial charge in [0.25, 0.3) is 11.8 Å². The maximum absolute atomic E-state index is 12.3. The van der Waals surface area contributed by atoms with Crippen LogP contribution in [-0.4, -0.2) is 46.3 Å². The lowest BCUT2D eigenvalue weighted by Gasteiger charge is -2.32. The Morgan fingerprint density at radius 1 is 1.42 bits per heavy atom. The van der Waals surface area contributed by atoms with Crippen molar-refractivity contribution in [2.45, 2.75) is 12.8 Å². The van der Waals surface area contributed by atoms with Crippen LogP contribution in [0.5, 0.6) is 0 Å². The van der Waals surface area contributed by atoms with E-state index in [1.165, 1.54) is 0 Å². The summed E-state index contributed by atoms with van der Waals surface area (Å²) in [7, 11) is 0. The third kappa shape index (κ3) is 3.70. The Hall–Kier alpha value is -2.90. The molecule has 0 aliphatic carbocycles. The number of hydrogen-bond donors (Lipinski definition) is 2. The van der Waals surface area contributed by atoms with E-state index in [1.807, 2.05) is 0 Å². The van der Waals surface area contributed by atoms with Crippen molar-refractivity contribution in [1.29, 1.82) is 0 Å². The number of nitrogens with one attached hydrogen (secondary N) is 2. The number of amides is 2. The molecule has 2 aromatic heterocycles. The fourth-order valence-corrected chi connectivity index (χ4v) is 2.80. The average molecular weight is 330 g/mol. The van der Waals surface area contributed by atoms with Crippen LogP contribution in [0.4, 0.5) is 0 Å². The van der Waals surface area contributed by atoms with Gasteiger partial charge in [0.15, 0.2) is 0 Å². The third-order valence-corrected chi connectivity index (χ3v) is 4.01. The van der Waals surface area contributed by atoms with E-state index in [1.54, 1.807) is 29.3 Å². The van der Waals surface area contributed by atoms with E-state index in [0.717, 1.165) is 19.1 Å². The second-order valence-corrected chi connectivity index (χ2v) is 5.75. The highest BCUT2D eigenvalue weighted by Gasteiger charge is 2.26. The number of carbonyl (C=O) groups is 2. The van der Waals surface area contributed by atoms with Crippen molar-refractivity contribution in [3.8, 4) is 0 Å². The van der Waals surface area contributed by atoms with Gasteiger partial charge in [-0.1, -0.05) is 6.07 Å². The summed E-state index contributed by atoms with van der Waals surface area (Å²) in [6.45, 7) is 1.62. The molecule has 0 unspecified atom stereocenters. The number of hydrogen-bond acceptors (Lipinski definition) is 5. The van der Waals surface area contributed by atoms with Crippen LogP contribution in [0, 0.1) is 5.92 Å². The standard InChI is InChI=1S/C16H18N4O4/c21-14(12-5-1-2-6-17-12)18-8-11-4-3-7-20(9-11)15(22)13-10-24-16(23)19-13/h1-2,5-6,10-11H,3-4,7-9H2,(H,18,21)(H,19,23)/t11-/m1/s1. The Morgan fingerprint density at radius 2 is 2.29 bits per heavy atom. The predicted octanol–water partition coefficient (Wildman–Crippen LogP) is 0.645. The molecule has 1 aliphatic heterocycles. The molecule has 8 nitrogen and oxygen atoms in total. The summed E-state index contributed by atoms with van der Waals surface area (Å²) in [4.78, 5) is 43.4. The molecule has 3 rings (SSSR count). The van der Waals surface area contributed by atoms with E-state index in [9.17, 15) is 14.4 Å². The summed E-state index contributed by atoms with van der Waals surface area (Å²) >= 11 is 0. The number of rotatable bonds is 4. The van der Waals surface area contributed by atoms with Gasteiger partial charge in [0.1, 0.15) is 17.7 Å². The molecule has 2 amide bonds. The van der Waals surface area contributed by atoms with Crippen molar-refractivity contribution in [3.05, 3.63) is 52.6 Å². The number of carbonyl (C=O) groups excluding carboxylic acids is 2. The van der Waals surface area contributed by atoms with Crippen molar-refractivity contribution in [2.75, 3.05) is 19.6 Å². The van der Waals surface area contributed by atoms with Crippen LogP contribution in [0.2, 0.25) is 0 Å². The molecular weight excluding hydrogens is 312 g/mol. The zero-order valence-electron chi connectivity index (χ0n) is 13.0. The summed E-state index contributed by atoms with van der Waals surface area (Å²) in [5.74, 6) is -0.969. The minimum absolute atomic E-state index is 0.151. The molecule has 8 heteroatoms. The lowest BCUT2D eigenvalue weighted by molar-refractivity contribution is 0.0665. The van der Waals surface area contributed by atoms with Crippen molar-refractivity contribution in [2.24, 2.45) is 5.92 Å². The van der Waals surface area contributed by atoms with Gasteiger partial charge in [-0.15, -0.1) is 0 Å². The van der Waals surface area contributed by atoms with Crippen LogP contribution in [0.25, 0.3) is 0 Å². The maximum atomic E-state index is 12.3. The first kappa shape index (κ1) is 16.0. The number of nitrogens with zero attached hydrogens (tertiary/aromatic N) is 2. The van der Waals surface area contributed by atoms with Crippen LogP contribution >= 0.6 is 0 Å². The van der Waals surface area contributed by atoms with Crippen LogP contribution in [0.1, 0.15) is 33.8 Å². The number of likely N-dealkylation sites (tertiary alicyclic amines) is 1. The van der Waals surface area contributed by atoms with Crippen molar-refractivity contribution in [1.82, 2.24) is 20.2 Å². The van der Waals surface area contributed by atoms with Gasteiger partial charge in [0.05, 0.1) is 0 Å². The number of aromatic nitrogens is 2. The third-order valence-electron chi connectivity index (χ3n) is 4.01. The van der Waals surface area contributed by atoms with Crippen LogP contribution < -0.4 is 11.1 Å². The summed E-state index contributed by atoms with van der Waals surface area (Å²) in [5, 5.41) is 2.86. The molecule has 0 saturated carbocycles. The Bertz CT molecular complexity index is 768. The highest BCUT2D eigenvalue weighted by atomic mass is 16.4. The first-order valence-electron chi connectivity index (χ1n) is 7.80. The fraction of sp³-hybridized carbons (Fsp3) is 0.375. The zero-order chi connectivity index (χ0) is 16.9. The number of aromatic amines is 1. The van der Waals surface area contributed by atoms with Crippen LogP contribution in [0.3, 0.4) is 0 Å². The minimum atomic E-state index is -0.644. The van der Waals surface area contributed by atoms with Gasteiger partial charge in [-0.25, -0.2) is 4.79 Å². The normalized spacial score (nSPS) is 17.5. The molecular formula is C16H18N4O4. The summed E-state index contributed by atoms with van der Waals surface area (Å²) in [5.41, 5.74) is 0.524. The summed E-state index contributed by atoms with van der Waals surface area (Å²) in [6, 6.07) is 5.16. The lowest BCUT2D eigenvalue weighted by atomic mass is 9.97. The topological polar surface area (TPSA) is 108 Å². The Labute approximate surface area is 137 Å². The smallest absolute Gasteiger partial charge is 0.416 e. The second kappa shape index (κ2) is 7.12. The van der Waals surface area contributed by atoms with Gasteiger partial charge in [-0.05, 0) is 30.9 Å². The van der Waals surface area contributed by atoms with E-state index in [4.69, 9.17) is 0 Å². The van der Waals surface area contributed by atoms with Gasteiger partial charge in [-0.3, -0.25) is 19.6 Å². The molecule has 1 aliphatic rings. The largest absolute Gasteiger partial charge is 0.416 e. The lowest BCUT2D eigenvalue weighted by Crippen LogP contribution is -2.44. The van der Waals surface area contributed by atoms with Gasteiger partial charge in [0.2, 0.25) is 0 Å². The summed E-state index contributed by atoms with van der Waals surface area (Å²) < 4.78 is 4.61. The quantitative estimate of drug-likeness (QED) is 0.855. The summed E-state index contributed by atoms with van der Waals surface area (Å²) in [6.07, 6.45) is 4.48. The molecule has 1 fully saturated rings. The van der Waals surface area contributed by atoms with E-state index in [0.29, 0.717) is 25.3 Å². The van der Waals surface area contributed by atoms with Crippen molar-refractivity contribution >= 4 is 11.8 Å². The fourth-order valence-electron chi connectivity index (χ4n) is 2.80. The Kier molecular flexibility index (Phi) is 4.74. The van der Waals surface area contributed by atoms with Crippen LogP contribution in [-0.2, 0) is 0 Å². The predicted molar refractivity (Wildman–Crippen MR) is 84.5 cm³/mol. The zero-order valence-corrected chi connectivity index (χ0v) is 13.0. The molecule has 0 radical (unpaired) electrons. The Morgan fingerprint density at radius 3 is 3.00 bits per heavy atom. The Balaban J connectivity index is 1.55. The van der Waals surface area contributed by atoms with Gasteiger partial charge in [0, 0.05) is 25.8 Å². The van der Waals surface area contributed by atoms with E-state index in [-0.39, 0.29) is 23.4 Å². The molecule has 1 saturated heterocycles.